The monoisotopic (exact) mass is 252 g/mol. The van der Waals surface area contributed by atoms with Crippen LogP contribution in [0.1, 0.15) is 26.3 Å². The minimum Gasteiger partial charge on any atom is -0.368 e. The molecule has 0 fully saturated rings. The third-order valence-electron chi connectivity index (χ3n) is 2.46. The molecule has 1 amide bonds. The lowest BCUT2D eigenvalue weighted by atomic mass is 9.92. The molecule has 0 aliphatic heterocycles. The van der Waals surface area contributed by atoms with Crippen molar-refractivity contribution in [2.45, 2.75) is 31.1 Å². The summed E-state index contributed by atoms with van der Waals surface area (Å²) in [5.41, 5.74) is 11.3. The van der Waals surface area contributed by atoms with Crippen LogP contribution in [0.5, 0.6) is 0 Å². The van der Waals surface area contributed by atoms with Crippen LogP contribution in [0.4, 0.5) is 0 Å². The number of thioether (sulfide) groups is 1. The van der Waals surface area contributed by atoms with Crippen LogP contribution < -0.4 is 11.5 Å². The normalized spacial score (nSPS) is 15.3. The van der Waals surface area contributed by atoms with Gasteiger partial charge in [-0.1, -0.05) is 51.1 Å². The molecule has 0 saturated heterocycles. The van der Waals surface area contributed by atoms with E-state index < -0.39 is 11.4 Å². The Hall–Kier alpha value is -1.00. The van der Waals surface area contributed by atoms with Gasteiger partial charge in [0.05, 0.1) is 0 Å². The molecule has 1 atom stereocenters. The van der Waals surface area contributed by atoms with E-state index in [1.165, 1.54) is 0 Å². The summed E-state index contributed by atoms with van der Waals surface area (Å²) in [7, 11) is 0. The second-order valence-corrected chi connectivity index (χ2v) is 6.90. The molecule has 1 unspecified atom stereocenters. The number of rotatable bonds is 4. The maximum atomic E-state index is 11.6. The number of carbonyl (C=O) groups excluding carboxylic acids is 1. The first-order chi connectivity index (χ1) is 7.76. The maximum absolute atomic E-state index is 11.6. The summed E-state index contributed by atoms with van der Waals surface area (Å²) >= 11 is 1.64. The minimum atomic E-state index is -1.10. The van der Waals surface area contributed by atoms with Gasteiger partial charge in [0, 0.05) is 10.5 Å². The SMILES string of the molecule is CC(C)(C)SCC(N)(C(N)=O)c1ccccc1. The lowest BCUT2D eigenvalue weighted by Gasteiger charge is -2.29. The van der Waals surface area contributed by atoms with Gasteiger partial charge in [-0.15, -0.1) is 0 Å². The van der Waals surface area contributed by atoms with Gasteiger partial charge in [0.15, 0.2) is 0 Å². The zero-order chi connectivity index (χ0) is 13.1. The van der Waals surface area contributed by atoms with Gasteiger partial charge < -0.3 is 11.5 Å². The molecule has 0 aliphatic rings. The van der Waals surface area contributed by atoms with E-state index in [0.29, 0.717) is 5.75 Å². The van der Waals surface area contributed by atoms with Crippen LogP contribution in [0.3, 0.4) is 0 Å². The minimum absolute atomic E-state index is 0.0504. The summed E-state index contributed by atoms with van der Waals surface area (Å²) in [4.78, 5) is 11.6. The lowest BCUT2D eigenvalue weighted by molar-refractivity contribution is -0.122. The van der Waals surface area contributed by atoms with Crippen molar-refractivity contribution in [1.29, 1.82) is 0 Å². The van der Waals surface area contributed by atoms with Gasteiger partial charge in [-0.3, -0.25) is 4.79 Å². The quantitative estimate of drug-likeness (QED) is 0.859. The fraction of sp³-hybridized carbons (Fsp3) is 0.462. The Morgan fingerprint density at radius 2 is 1.76 bits per heavy atom. The Balaban J connectivity index is 2.95. The fourth-order valence-corrected chi connectivity index (χ4v) is 2.33. The average molecular weight is 252 g/mol. The first-order valence-corrected chi connectivity index (χ1v) is 6.52. The van der Waals surface area contributed by atoms with Gasteiger partial charge in [0.25, 0.3) is 0 Å². The highest BCUT2D eigenvalue weighted by molar-refractivity contribution is 8.00. The predicted molar refractivity (Wildman–Crippen MR) is 73.7 cm³/mol. The Bertz CT molecular complexity index is 386. The predicted octanol–water partition coefficient (Wildman–Crippen LogP) is 1.86. The summed E-state index contributed by atoms with van der Waals surface area (Å²) < 4.78 is 0.0504. The molecule has 0 heterocycles. The highest BCUT2D eigenvalue weighted by atomic mass is 32.2. The van der Waals surface area contributed by atoms with E-state index in [0.717, 1.165) is 5.56 Å². The van der Waals surface area contributed by atoms with Gasteiger partial charge in [-0.05, 0) is 5.56 Å². The molecule has 1 rings (SSSR count). The molecule has 17 heavy (non-hydrogen) atoms. The zero-order valence-corrected chi connectivity index (χ0v) is 11.4. The molecule has 0 aromatic heterocycles. The third-order valence-corrected chi connectivity index (χ3v) is 3.93. The van der Waals surface area contributed by atoms with Crippen LogP contribution >= 0.6 is 11.8 Å². The van der Waals surface area contributed by atoms with Crippen molar-refractivity contribution >= 4 is 17.7 Å². The standard InChI is InChI=1S/C13H20N2OS/c1-12(2,3)17-9-13(15,11(14)16)10-7-5-4-6-8-10/h4-8H,9,15H2,1-3H3,(H2,14,16). The number of nitrogens with two attached hydrogens (primary N) is 2. The van der Waals surface area contributed by atoms with Gasteiger partial charge in [0.1, 0.15) is 5.54 Å². The second kappa shape index (κ2) is 5.10. The van der Waals surface area contributed by atoms with E-state index in [9.17, 15) is 4.79 Å². The van der Waals surface area contributed by atoms with Crippen molar-refractivity contribution in [3.8, 4) is 0 Å². The molecule has 1 aromatic carbocycles. The van der Waals surface area contributed by atoms with E-state index in [1.54, 1.807) is 11.8 Å². The van der Waals surface area contributed by atoms with Crippen molar-refractivity contribution < 1.29 is 4.79 Å². The van der Waals surface area contributed by atoms with E-state index in [4.69, 9.17) is 11.5 Å². The summed E-state index contributed by atoms with van der Waals surface area (Å²) in [6, 6.07) is 9.30. The van der Waals surface area contributed by atoms with Crippen LogP contribution in [-0.4, -0.2) is 16.4 Å². The van der Waals surface area contributed by atoms with Crippen molar-refractivity contribution in [3.63, 3.8) is 0 Å². The fourth-order valence-electron chi connectivity index (χ4n) is 1.36. The molecule has 4 heteroatoms. The van der Waals surface area contributed by atoms with Gasteiger partial charge >= 0.3 is 0 Å². The second-order valence-electron chi connectivity index (χ2n) is 5.10. The Morgan fingerprint density at radius 3 is 2.18 bits per heavy atom. The summed E-state index contributed by atoms with van der Waals surface area (Å²) in [6.07, 6.45) is 0. The van der Waals surface area contributed by atoms with E-state index in [1.807, 2.05) is 30.3 Å². The van der Waals surface area contributed by atoms with Crippen LogP contribution in [0, 0.1) is 0 Å². The van der Waals surface area contributed by atoms with Gasteiger partial charge in [-0.2, -0.15) is 11.8 Å². The van der Waals surface area contributed by atoms with Crippen molar-refractivity contribution in [2.24, 2.45) is 11.5 Å². The van der Waals surface area contributed by atoms with Crippen molar-refractivity contribution in [3.05, 3.63) is 35.9 Å². The molecule has 0 spiro atoms. The topological polar surface area (TPSA) is 69.1 Å². The molecule has 0 saturated carbocycles. The molecule has 0 aliphatic carbocycles. The largest absolute Gasteiger partial charge is 0.368 e. The highest BCUT2D eigenvalue weighted by Crippen LogP contribution is 2.30. The van der Waals surface area contributed by atoms with Crippen LogP contribution in [0.25, 0.3) is 0 Å². The van der Waals surface area contributed by atoms with Gasteiger partial charge in [-0.25, -0.2) is 0 Å². The molecule has 1 aromatic rings. The van der Waals surface area contributed by atoms with E-state index >= 15 is 0 Å². The molecule has 0 bridgehead atoms. The van der Waals surface area contributed by atoms with Gasteiger partial charge in [0.2, 0.25) is 5.91 Å². The van der Waals surface area contributed by atoms with Crippen LogP contribution in [0.15, 0.2) is 30.3 Å². The number of primary amides is 1. The smallest absolute Gasteiger partial charge is 0.242 e. The number of hydrogen-bond donors (Lipinski definition) is 2. The molecular weight excluding hydrogens is 232 g/mol. The van der Waals surface area contributed by atoms with Crippen LogP contribution in [-0.2, 0) is 10.3 Å². The van der Waals surface area contributed by atoms with E-state index in [-0.39, 0.29) is 4.75 Å². The molecular formula is C13H20N2OS. The summed E-state index contributed by atoms with van der Waals surface area (Å²) in [5, 5.41) is 0. The Labute approximate surface area is 107 Å². The third kappa shape index (κ3) is 3.75. The van der Waals surface area contributed by atoms with Crippen molar-refractivity contribution in [1.82, 2.24) is 0 Å². The highest BCUT2D eigenvalue weighted by Gasteiger charge is 2.35. The van der Waals surface area contributed by atoms with E-state index in [2.05, 4.69) is 20.8 Å². The first-order valence-electron chi connectivity index (χ1n) is 5.54. The summed E-state index contributed by atoms with van der Waals surface area (Å²) in [6.45, 7) is 6.26. The number of carbonyl (C=O) groups is 1. The lowest BCUT2D eigenvalue weighted by Crippen LogP contribution is -2.51. The molecule has 94 valence electrons. The maximum Gasteiger partial charge on any atom is 0.242 e. The number of amides is 1. The summed E-state index contributed by atoms with van der Waals surface area (Å²) in [5.74, 6) is -0.00370. The molecule has 3 nitrogen and oxygen atoms in total. The average Bonchev–Trinajstić information content (AvgIpc) is 2.26. The van der Waals surface area contributed by atoms with Crippen LogP contribution in [0.2, 0.25) is 0 Å². The Morgan fingerprint density at radius 1 is 1.24 bits per heavy atom. The first kappa shape index (κ1) is 14.1. The van der Waals surface area contributed by atoms with Crippen molar-refractivity contribution in [2.75, 3.05) is 5.75 Å². The Kier molecular flexibility index (Phi) is 4.22. The number of hydrogen-bond acceptors (Lipinski definition) is 3. The molecule has 4 N–H and O–H groups in total. The number of benzene rings is 1. The zero-order valence-electron chi connectivity index (χ0n) is 10.6. The molecule has 0 radical (unpaired) electrons.